The first-order chi connectivity index (χ1) is 8.41. The second-order valence-corrected chi connectivity index (χ2v) is 5.42. The smallest absolute Gasteiger partial charge is 0.323 e. The highest BCUT2D eigenvalue weighted by Gasteiger charge is 2.26. The zero-order valence-electron chi connectivity index (χ0n) is 11.6. The third kappa shape index (κ3) is 4.20. The fourth-order valence-electron chi connectivity index (χ4n) is 2.25. The standard InChI is InChI=1S/C13H24N2O3/c1-10(2)15(9-12(16)17)13(18)14-7-4-5-11(3)6-8-14/h10-11H,4-9H2,1-3H3,(H,16,17). The number of carboxylic acid groups (broad SMARTS) is 1. The van der Waals surface area contributed by atoms with Crippen molar-refractivity contribution in [2.24, 2.45) is 5.92 Å². The molecule has 1 fully saturated rings. The van der Waals surface area contributed by atoms with Crippen LogP contribution in [0.2, 0.25) is 0 Å². The van der Waals surface area contributed by atoms with Crippen molar-refractivity contribution >= 4 is 12.0 Å². The average molecular weight is 256 g/mol. The summed E-state index contributed by atoms with van der Waals surface area (Å²) in [5.41, 5.74) is 0. The first-order valence-corrected chi connectivity index (χ1v) is 6.69. The molecule has 1 N–H and O–H groups in total. The van der Waals surface area contributed by atoms with E-state index in [9.17, 15) is 9.59 Å². The van der Waals surface area contributed by atoms with Crippen LogP contribution in [-0.2, 0) is 4.79 Å². The molecule has 104 valence electrons. The third-order valence-electron chi connectivity index (χ3n) is 3.46. The number of rotatable bonds is 3. The number of likely N-dealkylation sites (tertiary alicyclic amines) is 1. The Morgan fingerprint density at radius 2 is 2.00 bits per heavy atom. The van der Waals surface area contributed by atoms with Crippen LogP contribution in [0.15, 0.2) is 0 Å². The van der Waals surface area contributed by atoms with Gasteiger partial charge in [0, 0.05) is 19.1 Å². The first kappa shape index (κ1) is 14.8. The molecule has 0 radical (unpaired) electrons. The van der Waals surface area contributed by atoms with Gasteiger partial charge in [-0.15, -0.1) is 0 Å². The van der Waals surface area contributed by atoms with E-state index in [2.05, 4.69) is 6.92 Å². The van der Waals surface area contributed by atoms with Crippen LogP contribution in [0.1, 0.15) is 40.0 Å². The Balaban J connectivity index is 2.66. The lowest BCUT2D eigenvalue weighted by Crippen LogP contribution is -2.48. The molecule has 1 aliphatic heterocycles. The van der Waals surface area contributed by atoms with Crippen molar-refractivity contribution in [2.75, 3.05) is 19.6 Å². The minimum atomic E-state index is -0.958. The van der Waals surface area contributed by atoms with Crippen molar-refractivity contribution in [1.29, 1.82) is 0 Å². The van der Waals surface area contributed by atoms with Crippen LogP contribution >= 0.6 is 0 Å². The number of carbonyl (C=O) groups is 2. The van der Waals surface area contributed by atoms with Gasteiger partial charge in [-0.05, 0) is 39.0 Å². The largest absolute Gasteiger partial charge is 0.480 e. The molecule has 18 heavy (non-hydrogen) atoms. The Morgan fingerprint density at radius 3 is 2.56 bits per heavy atom. The van der Waals surface area contributed by atoms with Gasteiger partial charge in [-0.1, -0.05) is 6.92 Å². The van der Waals surface area contributed by atoms with E-state index in [4.69, 9.17) is 5.11 Å². The number of carboxylic acids is 1. The minimum absolute atomic E-state index is 0.0886. The predicted octanol–water partition coefficient (Wildman–Crippen LogP) is 2.02. The van der Waals surface area contributed by atoms with E-state index in [0.29, 0.717) is 5.92 Å². The molecule has 1 rings (SSSR count). The molecule has 0 bridgehead atoms. The second-order valence-electron chi connectivity index (χ2n) is 5.42. The van der Waals surface area contributed by atoms with Crippen molar-refractivity contribution in [3.05, 3.63) is 0 Å². The van der Waals surface area contributed by atoms with Gasteiger partial charge < -0.3 is 14.9 Å². The molecule has 1 unspecified atom stereocenters. The van der Waals surface area contributed by atoms with Gasteiger partial charge >= 0.3 is 12.0 Å². The number of hydrogen-bond acceptors (Lipinski definition) is 2. The second kappa shape index (κ2) is 6.61. The van der Waals surface area contributed by atoms with Gasteiger partial charge in [-0.3, -0.25) is 4.79 Å². The zero-order valence-corrected chi connectivity index (χ0v) is 11.6. The van der Waals surface area contributed by atoms with Crippen LogP contribution in [0, 0.1) is 5.92 Å². The van der Waals surface area contributed by atoms with E-state index in [1.165, 1.54) is 4.90 Å². The molecule has 2 amide bonds. The molecule has 0 aliphatic carbocycles. The maximum Gasteiger partial charge on any atom is 0.323 e. The Kier molecular flexibility index (Phi) is 5.44. The molecule has 0 aromatic heterocycles. The topological polar surface area (TPSA) is 60.9 Å². The van der Waals surface area contributed by atoms with E-state index in [0.717, 1.165) is 32.4 Å². The summed E-state index contributed by atoms with van der Waals surface area (Å²) in [6.07, 6.45) is 3.15. The maximum absolute atomic E-state index is 12.3. The molecule has 0 aromatic carbocycles. The Labute approximate surface area is 109 Å². The van der Waals surface area contributed by atoms with Crippen molar-refractivity contribution in [3.63, 3.8) is 0 Å². The van der Waals surface area contributed by atoms with Gasteiger partial charge in [-0.2, -0.15) is 0 Å². The van der Waals surface area contributed by atoms with E-state index in [1.54, 1.807) is 4.90 Å². The highest BCUT2D eigenvalue weighted by Crippen LogP contribution is 2.18. The number of carbonyl (C=O) groups excluding carboxylic acids is 1. The third-order valence-corrected chi connectivity index (χ3v) is 3.46. The summed E-state index contributed by atoms with van der Waals surface area (Å²) in [5.74, 6) is -0.310. The van der Waals surface area contributed by atoms with Crippen molar-refractivity contribution < 1.29 is 14.7 Å². The fraction of sp³-hybridized carbons (Fsp3) is 0.846. The number of hydrogen-bond donors (Lipinski definition) is 1. The SMILES string of the molecule is CC1CCCN(C(=O)N(CC(=O)O)C(C)C)CC1. The van der Waals surface area contributed by atoms with Gasteiger partial charge in [0.1, 0.15) is 6.54 Å². The van der Waals surface area contributed by atoms with Crippen LogP contribution in [0.5, 0.6) is 0 Å². The molecule has 5 heteroatoms. The van der Waals surface area contributed by atoms with Crippen LogP contribution < -0.4 is 0 Å². The summed E-state index contributed by atoms with van der Waals surface area (Å²) >= 11 is 0. The van der Waals surface area contributed by atoms with Crippen LogP contribution in [0.3, 0.4) is 0 Å². The molecule has 0 aromatic rings. The van der Waals surface area contributed by atoms with Gasteiger partial charge in [0.2, 0.25) is 0 Å². The molecule has 1 heterocycles. The normalized spacial score (nSPS) is 20.7. The fourth-order valence-corrected chi connectivity index (χ4v) is 2.25. The monoisotopic (exact) mass is 256 g/mol. The van der Waals surface area contributed by atoms with Gasteiger partial charge in [0.15, 0.2) is 0 Å². The van der Waals surface area contributed by atoms with E-state index in [1.807, 2.05) is 13.8 Å². The molecular formula is C13H24N2O3. The van der Waals surface area contributed by atoms with Crippen molar-refractivity contribution in [1.82, 2.24) is 9.80 Å². The lowest BCUT2D eigenvalue weighted by molar-refractivity contribution is -0.138. The molecule has 0 spiro atoms. The summed E-state index contributed by atoms with van der Waals surface area (Å²) in [7, 11) is 0. The molecular weight excluding hydrogens is 232 g/mol. The number of urea groups is 1. The van der Waals surface area contributed by atoms with Crippen LogP contribution in [0.4, 0.5) is 4.79 Å². The summed E-state index contributed by atoms with van der Waals surface area (Å²) in [6.45, 7) is 7.16. The molecule has 1 saturated heterocycles. The Hall–Kier alpha value is -1.26. The molecule has 5 nitrogen and oxygen atoms in total. The van der Waals surface area contributed by atoms with Crippen LogP contribution in [-0.4, -0.2) is 52.6 Å². The quantitative estimate of drug-likeness (QED) is 0.840. The highest BCUT2D eigenvalue weighted by atomic mass is 16.4. The van der Waals surface area contributed by atoms with E-state index >= 15 is 0 Å². The Bertz CT molecular complexity index is 305. The van der Waals surface area contributed by atoms with E-state index < -0.39 is 5.97 Å². The molecule has 1 aliphatic rings. The zero-order chi connectivity index (χ0) is 13.7. The summed E-state index contributed by atoms with van der Waals surface area (Å²) in [5, 5.41) is 8.87. The summed E-state index contributed by atoms with van der Waals surface area (Å²) in [4.78, 5) is 26.4. The molecule has 0 saturated carbocycles. The van der Waals surface area contributed by atoms with Crippen molar-refractivity contribution in [2.45, 2.75) is 46.1 Å². The lowest BCUT2D eigenvalue weighted by atomic mass is 10.0. The maximum atomic E-state index is 12.3. The van der Waals surface area contributed by atoms with Gasteiger partial charge in [0.25, 0.3) is 0 Å². The lowest BCUT2D eigenvalue weighted by Gasteiger charge is -2.31. The predicted molar refractivity (Wildman–Crippen MR) is 69.5 cm³/mol. The average Bonchev–Trinajstić information content (AvgIpc) is 2.49. The molecule has 1 atom stereocenters. The summed E-state index contributed by atoms with van der Waals surface area (Å²) < 4.78 is 0. The van der Waals surface area contributed by atoms with Crippen LogP contribution in [0.25, 0.3) is 0 Å². The first-order valence-electron chi connectivity index (χ1n) is 6.69. The minimum Gasteiger partial charge on any atom is -0.480 e. The summed E-state index contributed by atoms with van der Waals surface area (Å²) in [6, 6.07) is -0.226. The number of nitrogens with zero attached hydrogens (tertiary/aromatic N) is 2. The van der Waals surface area contributed by atoms with E-state index in [-0.39, 0.29) is 18.6 Å². The number of amides is 2. The Morgan fingerprint density at radius 1 is 1.33 bits per heavy atom. The van der Waals surface area contributed by atoms with Gasteiger partial charge in [0.05, 0.1) is 0 Å². The van der Waals surface area contributed by atoms with Gasteiger partial charge in [-0.25, -0.2) is 4.79 Å². The highest BCUT2D eigenvalue weighted by molar-refractivity contribution is 5.80. The van der Waals surface area contributed by atoms with Crippen molar-refractivity contribution in [3.8, 4) is 0 Å². The number of aliphatic carboxylic acids is 1.